The molecule has 8 heteroatoms. The highest BCUT2D eigenvalue weighted by Crippen LogP contribution is 2.23. The van der Waals surface area contributed by atoms with Gasteiger partial charge < -0.3 is 14.6 Å². The van der Waals surface area contributed by atoms with E-state index in [0.717, 1.165) is 37.4 Å². The number of carbonyl (C=O) groups is 1. The zero-order chi connectivity index (χ0) is 20.9. The third kappa shape index (κ3) is 4.83. The molecule has 1 fully saturated rings. The molecule has 1 aliphatic heterocycles. The number of amides is 1. The van der Waals surface area contributed by atoms with Crippen LogP contribution in [0.2, 0.25) is 0 Å². The molecule has 0 bridgehead atoms. The summed E-state index contributed by atoms with van der Waals surface area (Å²) < 4.78 is 23.5. The van der Waals surface area contributed by atoms with Crippen molar-refractivity contribution in [1.82, 2.24) is 15.0 Å². The van der Waals surface area contributed by atoms with E-state index in [1.165, 1.54) is 12.1 Å². The molecule has 1 aliphatic rings. The molecule has 1 N–H and O–H groups in total. The Balaban J connectivity index is 1.27. The highest BCUT2D eigenvalue weighted by Gasteiger charge is 2.26. The van der Waals surface area contributed by atoms with Gasteiger partial charge in [-0.3, -0.25) is 9.69 Å². The van der Waals surface area contributed by atoms with Crippen LogP contribution in [0.4, 0.5) is 10.1 Å². The third-order valence-electron chi connectivity index (χ3n) is 5.25. The third-order valence-corrected chi connectivity index (χ3v) is 5.25. The molecule has 1 aromatic heterocycles. The summed E-state index contributed by atoms with van der Waals surface area (Å²) in [6.07, 6.45) is 1.53. The molecule has 0 spiro atoms. The molecule has 0 atom stereocenters. The number of ether oxygens (including phenoxy) is 1. The normalized spacial score (nSPS) is 15.1. The Morgan fingerprint density at radius 1 is 1.17 bits per heavy atom. The number of likely N-dealkylation sites (tertiary alicyclic amines) is 1. The number of benzene rings is 2. The molecule has 3 aromatic rings. The minimum Gasteiger partial charge on any atom is -0.497 e. The number of aromatic nitrogens is 2. The van der Waals surface area contributed by atoms with Crippen LogP contribution in [-0.4, -0.2) is 41.1 Å². The van der Waals surface area contributed by atoms with E-state index in [1.54, 1.807) is 19.2 Å². The first-order valence-electron chi connectivity index (χ1n) is 9.86. The van der Waals surface area contributed by atoms with Gasteiger partial charge in [-0.05, 0) is 74.5 Å². The summed E-state index contributed by atoms with van der Waals surface area (Å²) in [4.78, 5) is 19.1. The van der Waals surface area contributed by atoms with Gasteiger partial charge in [-0.15, -0.1) is 0 Å². The van der Waals surface area contributed by atoms with E-state index in [0.29, 0.717) is 23.8 Å². The maximum absolute atomic E-state index is 13.1. The van der Waals surface area contributed by atoms with E-state index >= 15 is 0 Å². The van der Waals surface area contributed by atoms with Crippen LogP contribution < -0.4 is 10.1 Å². The standard InChI is InChI=1S/C22H23FN4O3/c1-29-19-8-6-18(7-9-19)24-22(28)16-10-12-27(13-11-16)14-20-25-21(26-30-20)15-2-4-17(23)5-3-15/h2-9,16H,10-14H2,1H3,(H,24,28). The number of hydrogen-bond donors (Lipinski definition) is 1. The first-order chi connectivity index (χ1) is 14.6. The number of rotatable bonds is 6. The van der Waals surface area contributed by atoms with Crippen molar-refractivity contribution in [3.8, 4) is 17.1 Å². The summed E-state index contributed by atoms with van der Waals surface area (Å²) in [6.45, 7) is 2.07. The predicted molar refractivity (Wildman–Crippen MR) is 109 cm³/mol. The molecule has 0 radical (unpaired) electrons. The second-order valence-electron chi connectivity index (χ2n) is 7.29. The Morgan fingerprint density at radius 3 is 2.53 bits per heavy atom. The predicted octanol–water partition coefficient (Wildman–Crippen LogP) is 3.74. The quantitative estimate of drug-likeness (QED) is 0.667. The number of hydrogen-bond acceptors (Lipinski definition) is 6. The van der Waals surface area contributed by atoms with Crippen molar-refractivity contribution in [3.05, 3.63) is 60.2 Å². The van der Waals surface area contributed by atoms with Gasteiger partial charge >= 0.3 is 0 Å². The van der Waals surface area contributed by atoms with Crippen molar-refractivity contribution in [3.63, 3.8) is 0 Å². The lowest BCUT2D eigenvalue weighted by molar-refractivity contribution is -0.121. The molecule has 7 nitrogen and oxygen atoms in total. The maximum atomic E-state index is 13.1. The van der Waals surface area contributed by atoms with Crippen LogP contribution in [0.5, 0.6) is 5.75 Å². The monoisotopic (exact) mass is 410 g/mol. The van der Waals surface area contributed by atoms with Gasteiger partial charge in [0.05, 0.1) is 13.7 Å². The first-order valence-corrected chi connectivity index (χ1v) is 9.86. The van der Waals surface area contributed by atoms with E-state index in [-0.39, 0.29) is 17.6 Å². The molecule has 156 valence electrons. The zero-order valence-corrected chi connectivity index (χ0v) is 16.7. The van der Waals surface area contributed by atoms with Gasteiger partial charge in [0.2, 0.25) is 17.6 Å². The van der Waals surface area contributed by atoms with Gasteiger partial charge in [-0.25, -0.2) is 4.39 Å². The van der Waals surface area contributed by atoms with Crippen LogP contribution in [0, 0.1) is 11.7 Å². The SMILES string of the molecule is COc1ccc(NC(=O)C2CCN(Cc3nc(-c4ccc(F)cc4)no3)CC2)cc1. The molecule has 0 saturated carbocycles. The van der Waals surface area contributed by atoms with E-state index in [9.17, 15) is 9.18 Å². The Morgan fingerprint density at radius 2 is 1.87 bits per heavy atom. The van der Waals surface area contributed by atoms with Crippen LogP contribution in [0.3, 0.4) is 0 Å². The van der Waals surface area contributed by atoms with Gasteiger partial charge in [0.25, 0.3) is 0 Å². The summed E-state index contributed by atoms with van der Waals surface area (Å²) in [5.74, 6) is 1.41. The Bertz CT molecular complexity index is 980. The van der Waals surface area contributed by atoms with E-state index in [4.69, 9.17) is 9.26 Å². The fourth-order valence-electron chi connectivity index (χ4n) is 3.50. The summed E-state index contributed by atoms with van der Waals surface area (Å²) in [7, 11) is 1.61. The number of carbonyl (C=O) groups excluding carboxylic acids is 1. The van der Waals surface area contributed by atoms with Gasteiger partial charge in [0.1, 0.15) is 11.6 Å². The number of anilines is 1. The highest BCUT2D eigenvalue weighted by molar-refractivity contribution is 5.92. The van der Waals surface area contributed by atoms with Gasteiger partial charge in [0, 0.05) is 17.2 Å². The van der Waals surface area contributed by atoms with Crippen molar-refractivity contribution in [1.29, 1.82) is 0 Å². The molecule has 0 unspecified atom stereocenters. The molecule has 2 aromatic carbocycles. The molecule has 1 amide bonds. The largest absolute Gasteiger partial charge is 0.497 e. The number of nitrogens with one attached hydrogen (secondary N) is 1. The minimum atomic E-state index is -0.304. The van der Waals surface area contributed by atoms with Crippen molar-refractivity contribution in [2.24, 2.45) is 5.92 Å². The number of piperidine rings is 1. The van der Waals surface area contributed by atoms with Gasteiger partial charge in [0.15, 0.2) is 0 Å². The molecule has 30 heavy (non-hydrogen) atoms. The second-order valence-corrected chi connectivity index (χ2v) is 7.29. The lowest BCUT2D eigenvalue weighted by Gasteiger charge is -2.30. The van der Waals surface area contributed by atoms with Crippen LogP contribution in [-0.2, 0) is 11.3 Å². The van der Waals surface area contributed by atoms with Gasteiger partial charge in [-0.1, -0.05) is 5.16 Å². The van der Waals surface area contributed by atoms with E-state index < -0.39 is 0 Å². The molecule has 4 rings (SSSR count). The minimum absolute atomic E-state index is 0.0270. The summed E-state index contributed by atoms with van der Waals surface area (Å²) in [6, 6.07) is 13.3. The number of methoxy groups -OCH3 is 1. The topological polar surface area (TPSA) is 80.5 Å². The zero-order valence-electron chi connectivity index (χ0n) is 16.7. The highest BCUT2D eigenvalue weighted by atomic mass is 19.1. The van der Waals surface area contributed by atoms with Crippen molar-refractivity contribution in [2.45, 2.75) is 19.4 Å². The van der Waals surface area contributed by atoms with Crippen molar-refractivity contribution < 1.29 is 18.4 Å². The fourth-order valence-corrected chi connectivity index (χ4v) is 3.50. The lowest BCUT2D eigenvalue weighted by Crippen LogP contribution is -2.37. The van der Waals surface area contributed by atoms with Crippen LogP contribution in [0.1, 0.15) is 18.7 Å². The van der Waals surface area contributed by atoms with E-state index in [1.807, 2.05) is 24.3 Å². The fraction of sp³-hybridized carbons (Fsp3) is 0.318. The average molecular weight is 410 g/mol. The molecule has 0 aliphatic carbocycles. The van der Waals surface area contributed by atoms with Crippen LogP contribution in [0.25, 0.3) is 11.4 Å². The molecule has 1 saturated heterocycles. The number of nitrogens with zero attached hydrogens (tertiary/aromatic N) is 3. The van der Waals surface area contributed by atoms with Crippen LogP contribution >= 0.6 is 0 Å². The Hall–Kier alpha value is -3.26. The van der Waals surface area contributed by atoms with Gasteiger partial charge in [-0.2, -0.15) is 4.98 Å². The Kier molecular flexibility index (Phi) is 6.04. The van der Waals surface area contributed by atoms with Crippen molar-refractivity contribution >= 4 is 11.6 Å². The lowest BCUT2D eigenvalue weighted by atomic mass is 9.96. The van der Waals surface area contributed by atoms with Crippen LogP contribution in [0.15, 0.2) is 53.1 Å². The summed E-state index contributed by atoms with van der Waals surface area (Å²) in [5.41, 5.74) is 1.47. The van der Waals surface area contributed by atoms with E-state index in [2.05, 4.69) is 20.4 Å². The smallest absolute Gasteiger partial charge is 0.241 e. The molecular formula is C22H23FN4O3. The average Bonchev–Trinajstić information content (AvgIpc) is 3.23. The summed E-state index contributed by atoms with van der Waals surface area (Å²) >= 11 is 0. The molecule has 2 heterocycles. The first kappa shape index (κ1) is 20.0. The summed E-state index contributed by atoms with van der Waals surface area (Å²) in [5, 5.41) is 6.95. The second kappa shape index (κ2) is 9.04. The molecular weight excluding hydrogens is 387 g/mol. The maximum Gasteiger partial charge on any atom is 0.241 e. The van der Waals surface area contributed by atoms with Crippen molar-refractivity contribution in [2.75, 3.05) is 25.5 Å². The Labute approximate surface area is 173 Å². The number of halogens is 1.